The van der Waals surface area contributed by atoms with Crippen molar-refractivity contribution in [2.45, 2.75) is 53.9 Å². The summed E-state index contributed by atoms with van der Waals surface area (Å²) in [5, 5.41) is 0. The molecule has 0 atom stereocenters. The molecular weight excluding hydrogens is 218 g/mol. The van der Waals surface area contributed by atoms with E-state index in [1.165, 1.54) is 54.5 Å². The lowest BCUT2D eigenvalue weighted by molar-refractivity contribution is 0.272. The minimum Gasteiger partial charge on any atom is -0.291 e. The van der Waals surface area contributed by atoms with Crippen LogP contribution in [0.2, 0.25) is 0 Å². The molecule has 0 aliphatic carbocycles. The molecule has 0 unspecified atom stereocenters. The maximum atomic E-state index is 2.37. The van der Waals surface area contributed by atoms with E-state index in [4.69, 9.17) is 0 Å². The van der Waals surface area contributed by atoms with Gasteiger partial charge >= 0.3 is 0 Å². The summed E-state index contributed by atoms with van der Waals surface area (Å²) in [6, 6.07) is 6.98. The first-order valence-corrected chi connectivity index (χ1v) is 7.53. The molecule has 1 aromatic rings. The molecule has 0 heterocycles. The number of quaternary nitrogens is 1. The topological polar surface area (TPSA) is 0 Å². The van der Waals surface area contributed by atoms with Crippen LogP contribution in [0.4, 0.5) is 5.69 Å². The van der Waals surface area contributed by atoms with Gasteiger partial charge in [-0.3, -0.25) is 4.48 Å². The third-order valence-corrected chi connectivity index (χ3v) is 3.82. The molecule has 1 aromatic carbocycles. The third kappa shape index (κ3) is 3.35. The first-order valence-electron chi connectivity index (χ1n) is 7.53. The van der Waals surface area contributed by atoms with Gasteiger partial charge in [0.15, 0.2) is 0 Å². The molecule has 18 heavy (non-hydrogen) atoms. The molecule has 1 heteroatoms. The summed E-state index contributed by atoms with van der Waals surface area (Å²) in [5.41, 5.74) is 4.38. The van der Waals surface area contributed by atoms with Crippen molar-refractivity contribution >= 4 is 5.69 Å². The Morgan fingerprint density at radius 3 is 1.72 bits per heavy atom. The van der Waals surface area contributed by atoms with Gasteiger partial charge in [-0.2, -0.15) is 0 Å². The Morgan fingerprint density at radius 2 is 1.33 bits per heavy atom. The van der Waals surface area contributed by atoms with Crippen LogP contribution in [0.25, 0.3) is 0 Å². The molecular formula is C17H30N+. The molecule has 0 aliphatic rings. The van der Waals surface area contributed by atoms with Crippen LogP contribution < -0.4 is 4.48 Å². The third-order valence-electron chi connectivity index (χ3n) is 3.82. The molecule has 0 bridgehead atoms. The molecule has 0 spiro atoms. The van der Waals surface area contributed by atoms with Crippen LogP contribution in [-0.2, 0) is 0 Å². The summed E-state index contributed by atoms with van der Waals surface area (Å²) in [5.74, 6) is 0. The molecule has 0 saturated heterocycles. The van der Waals surface area contributed by atoms with Crippen molar-refractivity contribution in [1.29, 1.82) is 0 Å². The van der Waals surface area contributed by atoms with E-state index in [9.17, 15) is 0 Å². The van der Waals surface area contributed by atoms with E-state index in [0.29, 0.717) is 0 Å². The van der Waals surface area contributed by atoms with Crippen LogP contribution >= 0.6 is 0 Å². The van der Waals surface area contributed by atoms with Crippen LogP contribution in [0.5, 0.6) is 0 Å². The zero-order valence-corrected chi connectivity index (χ0v) is 12.9. The summed E-state index contributed by atoms with van der Waals surface area (Å²) in [7, 11) is 0. The van der Waals surface area contributed by atoms with Gasteiger partial charge in [-0.15, -0.1) is 0 Å². The number of benzene rings is 1. The second-order valence-corrected chi connectivity index (χ2v) is 5.61. The van der Waals surface area contributed by atoms with E-state index in [1.807, 2.05) is 0 Å². The van der Waals surface area contributed by atoms with Crippen molar-refractivity contribution in [3.63, 3.8) is 0 Å². The van der Waals surface area contributed by atoms with Crippen molar-refractivity contribution in [3.05, 3.63) is 29.3 Å². The summed E-state index contributed by atoms with van der Waals surface area (Å²) in [6.45, 7) is 15.2. The lowest BCUT2D eigenvalue weighted by Gasteiger charge is -2.39. The van der Waals surface area contributed by atoms with E-state index in [2.05, 4.69) is 52.8 Å². The number of hydrogen-bond donors (Lipinski definition) is 0. The zero-order chi connectivity index (χ0) is 13.6. The van der Waals surface area contributed by atoms with E-state index in [1.54, 1.807) is 5.69 Å². The van der Waals surface area contributed by atoms with Gasteiger partial charge in [-0.1, -0.05) is 38.5 Å². The maximum absolute atomic E-state index is 2.37. The van der Waals surface area contributed by atoms with Crippen LogP contribution in [0.3, 0.4) is 0 Å². The highest BCUT2D eigenvalue weighted by Crippen LogP contribution is 2.29. The van der Waals surface area contributed by atoms with Crippen molar-refractivity contribution in [1.82, 2.24) is 4.48 Å². The second kappa shape index (κ2) is 6.94. The lowest BCUT2D eigenvalue weighted by atomic mass is 10.1. The Morgan fingerprint density at radius 1 is 0.833 bits per heavy atom. The summed E-state index contributed by atoms with van der Waals surface area (Å²) >= 11 is 0. The van der Waals surface area contributed by atoms with Gasteiger partial charge in [0.2, 0.25) is 0 Å². The first-order chi connectivity index (χ1) is 8.59. The average Bonchev–Trinajstić information content (AvgIpc) is 2.29. The highest BCUT2D eigenvalue weighted by Gasteiger charge is 2.29. The number of aryl methyl sites for hydroxylation is 2. The van der Waals surface area contributed by atoms with E-state index in [0.717, 1.165) is 0 Å². The number of rotatable bonds is 7. The molecule has 0 saturated carbocycles. The highest BCUT2D eigenvalue weighted by molar-refractivity contribution is 5.51. The van der Waals surface area contributed by atoms with Gasteiger partial charge in [-0.25, -0.2) is 0 Å². The first kappa shape index (κ1) is 15.2. The Bertz CT molecular complexity index is 351. The van der Waals surface area contributed by atoms with Crippen molar-refractivity contribution in [2.75, 3.05) is 19.6 Å². The highest BCUT2D eigenvalue weighted by atomic mass is 15.4. The SMILES string of the molecule is CCC[N+](CCC)(CCC)c1ccc(C)cc1C. The molecule has 102 valence electrons. The van der Waals surface area contributed by atoms with Crippen LogP contribution in [-0.4, -0.2) is 19.6 Å². The average molecular weight is 248 g/mol. The van der Waals surface area contributed by atoms with Crippen LogP contribution in [0.1, 0.15) is 51.2 Å². The molecule has 0 aromatic heterocycles. The normalized spacial score (nSPS) is 11.8. The predicted octanol–water partition coefficient (Wildman–Crippen LogP) is 4.84. The Labute approximate surface area is 113 Å². The van der Waals surface area contributed by atoms with Gasteiger partial charge < -0.3 is 0 Å². The molecule has 0 aliphatic heterocycles. The molecule has 0 amide bonds. The predicted molar refractivity (Wildman–Crippen MR) is 83.2 cm³/mol. The monoisotopic (exact) mass is 248 g/mol. The largest absolute Gasteiger partial charge is 0.291 e. The molecule has 0 radical (unpaired) electrons. The summed E-state index contributed by atoms with van der Waals surface area (Å²) in [4.78, 5) is 0. The van der Waals surface area contributed by atoms with Gasteiger partial charge in [0.05, 0.1) is 19.6 Å². The van der Waals surface area contributed by atoms with Gasteiger partial charge in [0.1, 0.15) is 5.69 Å². The van der Waals surface area contributed by atoms with E-state index >= 15 is 0 Å². The molecule has 1 nitrogen and oxygen atoms in total. The second-order valence-electron chi connectivity index (χ2n) is 5.61. The summed E-state index contributed by atoms with van der Waals surface area (Å²) < 4.78 is 1.18. The van der Waals surface area contributed by atoms with E-state index in [-0.39, 0.29) is 0 Å². The smallest absolute Gasteiger partial charge is 0.135 e. The molecule has 0 fully saturated rings. The number of nitrogens with zero attached hydrogens (tertiary/aromatic N) is 1. The standard InChI is InChI=1S/C17H30N/c1-6-11-18(12-7-2,13-8-3)17-10-9-15(4)14-16(17)5/h9-10,14H,6-8,11-13H2,1-5H3/q+1. The Kier molecular flexibility index (Phi) is 5.87. The van der Waals surface area contributed by atoms with Crippen molar-refractivity contribution < 1.29 is 0 Å². The fourth-order valence-corrected chi connectivity index (χ4v) is 3.32. The molecule has 0 N–H and O–H groups in total. The Hall–Kier alpha value is -0.820. The minimum absolute atomic E-state index is 1.18. The fourth-order valence-electron chi connectivity index (χ4n) is 3.32. The van der Waals surface area contributed by atoms with Gasteiger partial charge in [-0.05, 0) is 39.2 Å². The van der Waals surface area contributed by atoms with E-state index < -0.39 is 0 Å². The maximum Gasteiger partial charge on any atom is 0.135 e. The van der Waals surface area contributed by atoms with Gasteiger partial charge in [0.25, 0.3) is 0 Å². The lowest BCUT2D eigenvalue weighted by Crippen LogP contribution is -2.51. The quantitative estimate of drug-likeness (QED) is 0.606. The van der Waals surface area contributed by atoms with Gasteiger partial charge in [0, 0.05) is 5.56 Å². The minimum atomic E-state index is 1.18. The zero-order valence-electron chi connectivity index (χ0n) is 12.9. The molecule has 1 rings (SSSR count). The fraction of sp³-hybridized carbons (Fsp3) is 0.647. The Balaban J connectivity index is 3.21. The van der Waals surface area contributed by atoms with Crippen molar-refractivity contribution in [2.24, 2.45) is 0 Å². The number of hydrogen-bond acceptors (Lipinski definition) is 0. The van der Waals surface area contributed by atoms with Crippen molar-refractivity contribution in [3.8, 4) is 0 Å². The summed E-state index contributed by atoms with van der Waals surface area (Å²) in [6.07, 6.45) is 3.77. The van der Waals surface area contributed by atoms with Crippen LogP contribution in [0.15, 0.2) is 18.2 Å². The van der Waals surface area contributed by atoms with Crippen LogP contribution in [0, 0.1) is 13.8 Å².